The van der Waals surface area contributed by atoms with Crippen LogP contribution in [0.4, 0.5) is 24.5 Å². The van der Waals surface area contributed by atoms with Crippen molar-refractivity contribution in [1.29, 1.82) is 0 Å². The molecule has 6 nitrogen and oxygen atoms in total. The first kappa shape index (κ1) is 17.3. The summed E-state index contributed by atoms with van der Waals surface area (Å²) in [5.74, 6) is -0.853. The number of nitro benzene ring substituents is 1. The summed E-state index contributed by atoms with van der Waals surface area (Å²) in [5.41, 5.74) is -1.27. The van der Waals surface area contributed by atoms with Crippen molar-refractivity contribution in [2.24, 2.45) is 0 Å². The number of halogens is 3. The second-order valence-corrected chi connectivity index (χ2v) is 4.64. The molecule has 0 aliphatic heterocycles. The molecule has 9 heteroatoms. The molecule has 24 heavy (non-hydrogen) atoms. The molecule has 2 aromatic rings. The fourth-order valence-corrected chi connectivity index (χ4v) is 1.84. The van der Waals surface area contributed by atoms with E-state index in [0.717, 1.165) is 18.2 Å². The second-order valence-electron chi connectivity index (χ2n) is 4.64. The van der Waals surface area contributed by atoms with Gasteiger partial charge in [-0.1, -0.05) is 18.2 Å². The molecule has 0 aliphatic rings. The average Bonchev–Trinajstić information content (AvgIpc) is 2.52. The van der Waals surface area contributed by atoms with Gasteiger partial charge in [0.25, 0.3) is 5.91 Å². The number of nitrogens with zero attached hydrogens (tertiary/aromatic N) is 1. The molecule has 126 valence electrons. The Balaban J connectivity index is 2.01. The molecule has 0 saturated carbocycles. The minimum atomic E-state index is -4.53. The van der Waals surface area contributed by atoms with Gasteiger partial charge in [0.15, 0.2) is 12.4 Å². The quantitative estimate of drug-likeness (QED) is 0.666. The highest BCUT2D eigenvalue weighted by Crippen LogP contribution is 2.30. The van der Waals surface area contributed by atoms with Gasteiger partial charge < -0.3 is 10.1 Å². The Hall–Kier alpha value is -3.10. The van der Waals surface area contributed by atoms with Crippen molar-refractivity contribution in [3.63, 3.8) is 0 Å². The summed E-state index contributed by atoms with van der Waals surface area (Å²) in [4.78, 5) is 21.9. The first-order valence-corrected chi connectivity index (χ1v) is 6.60. The number of anilines is 1. The summed E-state index contributed by atoms with van der Waals surface area (Å²) < 4.78 is 42.8. The number of amides is 1. The zero-order valence-electron chi connectivity index (χ0n) is 12.0. The minimum absolute atomic E-state index is 0.0546. The largest absolute Gasteiger partial charge is 0.477 e. The number of nitro groups is 1. The Bertz CT molecular complexity index is 762. The van der Waals surface area contributed by atoms with Crippen LogP contribution in [0.25, 0.3) is 0 Å². The highest BCUT2D eigenvalue weighted by Gasteiger charge is 2.30. The minimum Gasteiger partial charge on any atom is -0.477 e. The van der Waals surface area contributed by atoms with Crippen molar-refractivity contribution in [3.8, 4) is 5.75 Å². The van der Waals surface area contributed by atoms with E-state index in [4.69, 9.17) is 4.74 Å². The van der Waals surface area contributed by atoms with E-state index < -0.39 is 29.2 Å². The van der Waals surface area contributed by atoms with Crippen molar-refractivity contribution in [2.45, 2.75) is 6.18 Å². The third-order valence-electron chi connectivity index (χ3n) is 2.89. The molecule has 0 saturated heterocycles. The highest BCUT2D eigenvalue weighted by molar-refractivity contribution is 5.92. The predicted molar refractivity (Wildman–Crippen MR) is 78.7 cm³/mol. The number of nitrogens with one attached hydrogen (secondary N) is 1. The lowest BCUT2D eigenvalue weighted by atomic mass is 10.2. The zero-order chi connectivity index (χ0) is 17.7. The molecule has 0 atom stereocenters. The maximum atomic E-state index is 12.6. The number of alkyl halides is 3. The molecule has 0 fully saturated rings. The van der Waals surface area contributed by atoms with Gasteiger partial charge in [0.05, 0.1) is 10.5 Å². The number of rotatable bonds is 5. The van der Waals surface area contributed by atoms with Gasteiger partial charge in [-0.15, -0.1) is 0 Å². The maximum Gasteiger partial charge on any atom is 0.416 e. The van der Waals surface area contributed by atoms with Crippen molar-refractivity contribution in [2.75, 3.05) is 11.9 Å². The third-order valence-corrected chi connectivity index (χ3v) is 2.89. The van der Waals surface area contributed by atoms with Crippen molar-refractivity contribution >= 4 is 17.3 Å². The van der Waals surface area contributed by atoms with E-state index in [9.17, 15) is 28.1 Å². The van der Waals surface area contributed by atoms with Crippen LogP contribution in [0.5, 0.6) is 5.75 Å². The van der Waals surface area contributed by atoms with E-state index in [1.165, 1.54) is 30.3 Å². The monoisotopic (exact) mass is 340 g/mol. The van der Waals surface area contributed by atoms with E-state index in [1.807, 2.05) is 0 Å². The summed E-state index contributed by atoms with van der Waals surface area (Å²) in [6.07, 6.45) is -4.53. The molecule has 2 rings (SSSR count). The van der Waals surface area contributed by atoms with E-state index in [2.05, 4.69) is 5.32 Å². The Kier molecular flexibility index (Phi) is 5.02. The lowest BCUT2D eigenvalue weighted by Crippen LogP contribution is -2.20. The first-order chi connectivity index (χ1) is 11.3. The van der Waals surface area contributed by atoms with Gasteiger partial charge in [0.2, 0.25) is 0 Å². The predicted octanol–water partition coefficient (Wildman–Crippen LogP) is 3.63. The molecule has 0 unspecified atom stereocenters. The number of benzene rings is 2. The van der Waals surface area contributed by atoms with Crippen LogP contribution in [0.1, 0.15) is 5.56 Å². The van der Waals surface area contributed by atoms with E-state index >= 15 is 0 Å². The number of hydrogen-bond donors (Lipinski definition) is 1. The summed E-state index contributed by atoms with van der Waals surface area (Å²) in [6, 6.07) is 9.55. The Labute approximate surface area is 134 Å². The number of hydrogen-bond acceptors (Lipinski definition) is 4. The van der Waals surface area contributed by atoms with Crippen LogP contribution >= 0.6 is 0 Å². The second kappa shape index (κ2) is 6.99. The average molecular weight is 340 g/mol. The molecule has 0 heterocycles. The third kappa shape index (κ3) is 4.45. The molecule has 1 amide bonds. The van der Waals surface area contributed by atoms with Crippen LogP contribution < -0.4 is 10.1 Å². The van der Waals surface area contributed by atoms with E-state index in [-0.39, 0.29) is 17.1 Å². The molecule has 0 aromatic heterocycles. The van der Waals surface area contributed by atoms with Crippen molar-refractivity contribution in [3.05, 3.63) is 64.2 Å². The van der Waals surface area contributed by atoms with Gasteiger partial charge in [-0.25, -0.2) is 0 Å². The van der Waals surface area contributed by atoms with Crippen LogP contribution in [0.15, 0.2) is 48.5 Å². The van der Waals surface area contributed by atoms with Gasteiger partial charge in [-0.05, 0) is 24.3 Å². The molecular weight excluding hydrogens is 329 g/mol. The smallest absolute Gasteiger partial charge is 0.416 e. The lowest BCUT2D eigenvalue weighted by Gasteiger charge is -2.10. The lowest BCUT2D eigenvalue weighted by molar-refractivity contribution is -0.385. The van der Waals surface area contributed by atoms with Gasteiger partial charge in [0.1, 0.15) is 0 Å². The van der Waals surface area contributed by atoms with Crippen LogP contribution in [-0.4, -0.2) is 17.4 Å². The topological polar surface area (TPSA) is 81.5 Å². The number of carbonyl (C=O) groups excluding carboxylic acids is 1. The number of ether oxygens (including phenoxy) is 1. The summed E-state index contributed by atoms with van der Waals surface area (Å²) >= 11 is 0. The highest BCUT2D eigenvalue weighted by atomic mass is 19.4. The van der Waals surface area contributed by atoms with Crippen LogP contribution in [0.3, 0.4) is 0 Å². The normalized spacial score (nSPS) is 11.0. The Morgan fingerprint density at radius 1 is 1.17 bits per heavy atom. The molecule has 0 aliphatic carbocycles. The molecule has 1 N–H and O–H groups in total. The molecule has 0 bridgehead atoms. The van der Waals surface area contributed by atoms with Crippen molar-refractivity contribution in [1.82, 2.24) is 0 Å². The first-order valence-electron chi connectivity index (χ1n) is 6.60. The van der Waals surface area contributed by atoms with Crippen LogP contribution in [0.2, 0.25) is 0 Å². The van der Waals surface area contributed by atoms with Gasteiger partial charge >= 0.3 is 11.9 Å². The Morgan fingerprint density at radius 3 is 2.54 bits per heavy atom. The molecule has 0 spiro atoms. The zero-order valence-corrected chi connectivity index (χ0v) is 12.0. The van der Waals surface area contributed by atoms with Crippen LogP contribution in [0, 0.1) is 10.1 Å². The van der Waals surface area contributed by atoms with Gasteiger partial charge in [0, 0.05) is 11.8 Å². The SMILES string of the molecule is O=C(COc1ccccc1[N+](=O)[O-])Nc1cccc(C(F)(F)F)c1. The fourth-order valence-electron chi connectivity index (χ4n) is 1.84. The fraction of sp³-hybridized carbons (Fsp3) is 0.133. The standard InChI is InChI=1S/C15H11F3N2O4/c16-15(17,18)10-4-3-5-11(8-10)19-14(21)9-24-13-7-2-1-6-12(13)20(22)23/h1-8H,9H2,(H,19,21). The summed E-state index contributed by atoms with van der Waals surface area (Å²) in [6.45, 7) is -0.582. The molecular formula is C15H11F3N2O4. The molecule has 2 aromatic carbocycles. The summed E-state index contributed by atoms with van der Waals surface area (Å²) in [5, 5.41) is 13.0. The molecule has 0 radical (unpaired) electrons. The number of para-hydroxylation sites is 2. The van der Waals surface area contributed by atoms with Gasteiger partial charge in [-0.3, -0.25) is 14.9 Å². The van der Waals surface area contributed by atoms with Crippen LogP contribution in [-0.2, 0) is 11.0 Å². The van der Waals surface area contributed by atoms with Gasteiger partial charge in [-0.2, -0.15) is 13.2 Å². The van der Waals surface area contributed by atoms with Crippen molar-refractivity contribution < 1.29 is 27.6 Å². The van der Waals surface area contributed by atoms with E-state index in [1.54, 1.807) is 0 Å². The summed E-state index contributed by atoms with van der Waals surface area (Å²) in [7, 11) is 0. The van der Waals surface area contributed by atoms with E-state index in [0.29, 0.717) is 0 Å². The number of carbonyl (C=O) groups is 1. The Morgan fingerprint density at radius 2 is 1.88 bits per heavy atom. The maximum absolute atomic E-state index is 12.6.